The van der Waals surface area contributed by atoms with Crippen LogP contribution in [0.4, 0.5) is 5.69 Å². The van der Waals surface area contributed by atoms with Crippen LogP contribution in [0.2, 0.25) is 0 Å². The lowest BCUT2D eigenvalue weighted by molar-refractivity contribution is -0.384. The van der Waals surface area contributed by atoms with Gasteiger partial charge in [-0.2, -0.15) is 0 Å². The Balaban J connectivity index is 1.58. The van der Waals surface area contributed by atoms with E-state index in [4.69, 9.17) is 0 Å². The topological polar surface area (TPSA) is 79.6 Å². The quantitative estimate of drug-likeness (QED) is 0.236. The summed E-state index contributed by atoms with van der Waals surface area (Å²) in [5.41, 5.74) is 1.27. The Morgan fingerprint density at radius 2 is 1.88 bits per heavy atom. The van der Waals surface area contributed by atoms with E-state index < -0.39 is 0 Å². The van der Waals surface area contributed by atoms with Crippen molar-refractivity contribution < 1.29 is 4.92 Å². The summed E-state index contributed by atoms with van der Waals surface area (Å²) < 4.78 is 0. The fourth-order valence-electron chi connectivity index (χ4n) is 2.42. The third kappa shape index (κ3) is 6.93. The van der Waals surface area contributed by atoms with Gasteiger partial charge >= 0.3 is 0 Å². The minimum absolute atomic E-state index is 0.142. The Labute approximate surface area is 152 Å². The first-order chi connectivity index (χ1) is 12.2. The van der Waals surface area contributed by atoms with Crippen LogP contribution in [-0.4, -0.2) is 31.0 Å². The summed E-state index contributed by atoms with van der Waals surface area (Å²) in [6.07, 6.45) is 3.96. The van der Waals surface area contributed by atoms with E-state index >= 15 is 0 Å². The van der Waals surface area contributed by atoms with Gasteiger partial charge in [-0.3, -0.25) is 15.1 Å². The Kier molecular flexibility index (Phi) is 7.91. The fraction of sp³-hybridized carbons (Fsp3) is 0.389. The van der Waals surface area contributed by atoms with Gasteiger partial charge in [0.25, 0.3) is 5.69 Å². The van der Waals surface area contributed by atoms with E-state index in [1.54, 1.807) is 30.5 Å². The highest BCUT2D eigenvalue weighted by molar-refractivity contribution is 7.09. The number of unbranched alkanes of at least 4 members (excludes halogenated alkanes) is 1. The molecule has 0 aliphatic rings. The van der Waals surface area contributed by atoms with Crippen LogP contribution in [-0.2, 0) is 12.8 Å². The molecule has 0 saturated heterocycles. The third-order valence-corrected chi connectivity index (χ3v) is 4.74. The largest absolute Gasteiger partial charge is 0.356 e. The van der Waals surface area contributed by atoms with Crippen LogP contribution >= 0.6 is 11.3 Å². The van der Waals surface area contributed by atoms with Crippen molar-refractivity contribution in [3.05, 3.63) is 62.3 Å². The smallest absolute Gasteiger partial charge is 0.269 e. The molecule has 0 aliphatic heterocycles. The maximum atomic E-state index is 10.6. The van der Waals surface area contributed by atoms with Crippen molar-refractivity contribution in [2.24, 2.45) is 4.99 Å². The maximum absolute atomic E-state index is 10.6. The average Bonchev–Trinajstić information content (AvgIpc) is 3.13. The molecule has 2 aromatic rings. The molecule has 0 unspecified atom stereocenters. The highest BCUT2D eigenvalue weighted by Gasteiger charge is 2.04. The number of nitro benzene ring substituents is 1. The number of nitrogens with zero attached hydrogens (tertiary/aromatic N) is 2. The van der Waals surface area contributed by atoms with Gasteiger partial charge in [-0.1, -0.05) is 18.2 Å². The van der Waals surface area contributed by atoms with Gasteiger partial charge in [-0.25, -0.2) is 0 Å². The number of non-ortho nitro benzene ring substituents is 1. The standard InChI is InChI=1S/C18H24N4O2S/c1-19-18(21-13-11-17-6-4-14-25-17)20-12-3-2-5-15-7-9-16(10-8-15)22(23)24/h4,6-10,14H,2-3,5,11-13H2,1H3,(H2,19,20,21). The van der Waals surface area contributed by atoms with E-state index in [9.17, 15) is 10.1 Å². The first kappa shape index (κ1) is 18.9. The van der Waals surface area contributed by atoms with Gasteiger partial charge in [0.2, 0.25) is 0 Å². The summed E-state index contributed by atoms with van der Waals surface area (Å²) in [6.45, 7) is 1.72. The second-order valence-corrected chi connectivity index (χ2v) is 6.67. The predicted octanol–water partition coefficient (Wildman–Crippen LogP) is 3.39. The van der Waals surface area contributed by atoms with Crippen LogP contribution in [0.15, 0.2) is 46.8 Å². The Morgan fingerprint density at radius 1 is 1.12 bits per heavy atom. The molecule has 2 N–H and O–H groups in total. The molecule has 7 heteroatoms. The van der Waals surface area contributed by atoms with E-state index in [1.807, 2.05) is 12.1 Å². The molecule has 2 rings (SSSR count). The zero-order valence-corrected chi connectivity index (χ0v) is 15.2. The zero-order valence-electron chi connectivity index (χ0n) is 14.4. The lowest BCUT2D eigenvalue weighted by atomic mass is 10.1. The van der Waals surface area contributed by atoms with Crippen LogP contribution in [0, 0.1) is 10.1 Å². The summed E-state index contributed by atoms with van der Waals surface area (Å²) in [5.74, 6) is 0.826. The number of aryl methyl sites for hydroxylation is 1. The predicted molar refractivity (Wildman–Crippen MR) is 103 cm³/mol. The summed E-state index contributed by atoms with van der Waals surface area (Å²) in [6, 6.07) is 11.0. The van der Waals surface area contributed by atoms with Crippen molar-refractivity contribution in [2.45, 2.75) is 25.7 Å². The molecular weight excluding hydrogens is 336 g/mol. The van der Waals surface area contributed by atoms with Crippen molar-refractivity contribution in [3.63, 3.8) is 0 Å². The van der Waals surface area contributed by atoms with Crippen molar-refractivity contribution in [1.29, 1.82) is 0 Å². The molecule has 0 fully saturated rings. The molecule has 25 heavy (non-hydrogen) atoms. The summed E-state index contributed by atoms with van der Waals surface area (Å²) in [5, 5.41) is 19.3. The number of rotatable bonds is 9. The van der Waals surface area contributed by atoms with E-state index in [1.165, 1.54) is 4.88 Å². The van der Waals surface area contributed by atoms with Gasteiger partial charge in [0, 0.05) is 37.1 Å². The molecule has 0 spiro atoms. The van der Waals surface area contributed by atoms with Crippen LogP contribution in [0.1, 0.15) is 23.3 Å². The minimum atomic E-state index is -0.370. The van der Waals surface area contributed by atoms with E-state index in [0.717, 1.165) is 50.3 Å². The number of nitrogens with one attached hydrogen (secondary N) is 2. The van der Waals surface area contributed by atoms with E-state index in [-0.39, 0.29) is 10.6 Å². The number of thiophene rings is 1. The SMILES string of the molecule is CN=C(NCCCCc1ccc([N+](=O)[O-])cc1)NCCc1cccs1. The number of hydrogen-bond donors (Lipinski definition) is 2. The van der Waals surface area contributed by atoms with Crippen molar-refractivity contribution in [1.82, 2.24) is 10.6 Å². The van der Waals surface area contributed by atoms with Crippen LogP contribution in [0.3, 0.4) is 0 Å². The first-order valence-electron chi connectivity index (χ1n) is 8.39. The second kappa shape index (κ2) is 10.5. The highest BCUT2D eigenvalue weighted by Crippen LogP contribution is 2.13. The normalized spacial score (nSPS) is 11.3. The molecule has 1 heterocycles. The van der Waals surface area contributed by atoms with Gasteiger partial charge in [0.1, 0.15) is 0 Å². The van der Waals surface area contributed by atoms with Crippen molar-refractivity contribution in [2.75, 3.05) is 20.1 Å². The fourth-order valence-corrected chi connectivity index (χ4v) is 3.13. The molecule has 1 aromatic carbocycles. The van der Waals surface area contributed by atoms with Crippen LogP contribution < -0.4 is 10.6 Å². The zero-order chi connectivity index (χ0) is 17.9. The van der Waals surface area contributed by atoms with E-state index in [0.29, 0.717) is 0 Å². The molecule has 0 radical (unpaired) electrons. The Morgan fingerprint density at radius 3 is 2.52 bits per heavy atom. The summed E-state index contributed by atoms with van der Waals surface area (Å²) in [7, 11) is 1.78. The average molecular weight is 360 g/mol. The van der Waals surface area contributed by atoms with Gasteiger partial charge in [0.15, 0.2) is 5.96 Å². The van der Waals surface area contributed by atoms with Gasteiger partial charge in [-0.05, 0) is 42.7 Å². The summed E-state index contributed by atoms with van der Waals surface area (Å²) in [4.78, 5) is 15.8. The molecule has 6 nitrogen and oxygen atoms in total. The molecule has 0 bridgehead atoms. The van der Waals surface area contributed by atoms with Gasteiger partial charge in [-0.15, -0.1) is 11.3 Å². The van der Waals surface area contributed by atoms with Crippen molar-refractivity contribution in [3.8, 4) is 0 Å². The van der Waals surface area contributed by atoms with Crippen molar-refractivity contribution >= 4 is 23.0 Å². The number of aliphatic imine (C=N–C) groups is 1. The first-order valence-corrected chi connectivity index (χ1v) is 9.27. The molecule has 0 amide bonds. The molecule has 0 saturated carbocycles. The third-order valence-electron chi connectivity index (χ3n) is 3.80. The lowest BCUT2D eigenvalue weighted by Crippen LogP contribution is -2.38. The highest BCUT2D eigenvalue weighted by atomic mass is 32.1. The molecular formula is C18H24N4O2S. The number of benzene rings is 1. The Hall–Kier alpha value is -2.41. The minimum Gasteiger partial charge on any atom is -0.356 e. The monoisotopic (exact) mass is 360 g/mol. The number of hydrogen-bond acceptors (Lipinski definition) is 4. The molecule has 0 aliphatic carbocycles. The molecule has 134 valence electrons. The summed E-state index contributed by atoms with van der Waals surface area (Å²) >= 11 is 1.77. The molecule has 1 aromatic heterocycles. The van der Waals surface area contributed by atoms with Crippen LogP contribution in [0.5, 0.6) is 0 Å². The lowest BCUT2D eigenvalue weighted by Gasteiger charge is -2.11. The second-order valence-electron chi connectivity index (χ2n) is 5.64. The maximum Gasteiger partial charge on any atom is 0.269 e. The van der Waals surface area contributed by atoms with E-state index in [2.05, 4.69) is 33.1 Å². The van der Waals surface area contributed by atoms with Gasteiger partial charge < -0.3 is 10.6 Å². The Bertz CT molecular complexity index is 669. The molecule has 0 atom stereocenters. The number of guanidine groups is 1. The van der Waals surface area contributed by atoms with Crippen LogP contribution in [0.25, 0.3) is 0 Å². The van der Waals surface area contributed by atoms with Gasteiger partial charge in [0.05, 0.1) is 4.92 Å². The number of nitro groups is 1.